The first-order chi connectivity index (χ1) is 21.3. The molecule has 0 aromatic rings. The first-order valence-electron chi connectivity index (χ1n) is 18.4. The minimum absolute atomic E-state index is 0.0358. The summed E-state index contributed by atoms with van der Waals surface area (Å²) in [5.74, 6) is 0.462. The molecule has 268 valence electrons. The standard InChI is InChI=1S/C38H72O6Si2/c1-14-16-20-23-31(43-45(10,11)37(4,5)6)26-27-33-32(24-21-18-19-22-25-36(40)41-28-17-15-2)34(42-30(3)39)29-35(33)44-46(12,13)38(7,8)9/h26-27,31,33,35H,14-25,28-29H2,1-13H3/b27-26+/t31-,33+,35+/m0/s1. The summed E-state index contributed by atoms with van der Waals surface area (Å²) in [7, 11) is -4.08. The maximum absolute atomic E-state index is 12.3. The van der Waals surface area contributed by atoms with Crippen LogP contribution >= 0.6 is 0 Å². The number of hydrogen-bond acceptors (Lipinski definition) is 6. The van der Waals surface area contributed by atoms with E-state index in [4.69, 9.17) is 18.3 Å². The van der Waals surface area contributed by atoms with Gasteiger partial charge in [-0.2, -0.15) is 0 Å². The SMILES string of the molecule is CCCCC[C@@H](/C=C/[C@@H]1C(CCCCCCC(=O)OCCCC)=C(OC(C)=O)C[C@H]1O[Si](C)(C)C(C)(C)C)O[Si](C)(C)C(C)(C)C. The normalized spacial score (nSPS) is 18.8. The van der Waals surface area contributed by atoms with Gasteiger partial charge in [-0.3, -0.25) is 9.59 Å². The second-order valence-electron chi connectivity index (χ2n) is 16.5. The van der Waals surface area contributed by atoms with Gasteiger partial charge in [-0.05, 0) is 73.9 Å². The zero-order valence-electron chi connectivity index (χ0n) is 32.2. The highest BCUT2D eigenvalue weighted by Crippen LogP contribution is 2.45. The average Bonchev–Trinajstić information content (AvgIpc) is 3.21. The average molecular weight is 681 g/mol. The summed E-state index contributed by atoms with van der Waals surface area (Å²) in [5.41, 5.74) is 1.19. The minimum Gasteiger partial charge on any atom is -0.466 e. The Kier molecular flexibility index (Phi) is 18.3. The van der Waals surface area contributed by atoms with Gasteiger partial charge < -0.3 is 18.3 Å². The summed E-state index contributed by atoms with van der Waals surface area (Å²) >= 11 is 0. The largest absolute Gasteiger partial charge is 0.466 e. The van der Waals surface area contributed by atoms with Crippen LogP contribution in [-0.4, -0.2) is 47.4 Å². The molecule has 0 saturated carbocycles. The topological polar surface area (TPSA) is 71.1 Å². The van der Waals surface area contributed by atoms with Crippen LogP contribution in [0.3, 0.4) is 0 Å². The van der Waals surface area contributed by atoms with Crippen LogP contribution in [0.25, 0.3) is 0 Å². The predicted octanol–water partition coefficient (Wildman–Crippen LogP) is 11.4. The zero-order chi connectivity index (χ0) is 35.2. The highest BCUT2D eigenvalue weighted by atomic mass is 28.4. The number of hydrogen-bond donors (Lipinski definition) is 0. The highest BCUT2D eigenvalue weighted by Gasteiger charge is 2.44. The molecule has 6 nitrogen and oxygen atoms in total. The van der Waals surface area contributed by atoms with Crippen molar-refractivity contribution in [2.24, 2.45) is 5.92 Å². The van der Waals surface area contributed by atoms with Crippen LogP contribution in [0.15, 0.2) is 23.5 Å². The van der Waals surface area contributed by atoms with Gasteiger partial charge in [0.1, 0.15) is 5.76 Å². The smallest absolute Gasteiger partial charge is 0.307 e. The Morgan fingerprint density at radius 3 is 2.02 bits per heavy atom. The minimum atomic E-state index is -2.10. The van der Waals surface area contributed by atoms with E-state index in [1.807, 2.05) is 0 Å². The molecule has 0 aliphatic heterocycles. The summed E-state index contributed by atoms with van der Waals surface area (Å²) in [6.45, 7) is 29.4. The van der Waals surface area contributed by atoms with Gasteiger partial charge in [0.15, 0.2) is 16.6 Å². The summed E-state index contributed by atoms with van der Waals surface area (Å²) in [5, 5.41) is 0.197. The van der Waals surface area contributed by atoms with Crippen LogP contribution in [0.5, 0.6) is 0 Å². The van der Waals surface area contributed by atoms with Crippen molar-refractivity contribution in [1.29, 1.82) is 0 Å². The summed E-state index contributed by atoms with van der Waals surface area (Å²) < 4.78 is 25.3. The van der Waals surface area contributed by atoms with E-state index >= 15 is 0 Å². The molecule has 1 aliphatic rings. The molecule has 0 fully saturated rings. The first-order valence-corrected chi connectivity index (χ1v) is 24.2. The summed E-state index contributed by atoms with van der Waals surface area (Å²) in [6, 6.07) is 0. The van der Waals surface area contributed by atoms with Crippen molar-refractivity contribution in [3.8, 4) is 0 Å². The van der Waals surface area contributed by atoms with Crippen molar-refractivity contribution >= 4 is 28.6 Å². The van der Waals surface area contributed by atoms with Crippen LogP contribution in [0, 0.1) is 5.92 Å². The zero-order valence-corrected chi connectivity index (χ0v) is 34.2. The fourth-order valence-electron chi connectivity index (χ4n) is 5.28. The lowest BCUT2D eigenvalue weighted by atomic mass is 9.93. The molecule has 0 aromatic heterocycles. The van der Waals surface area contributed by atoms with Crippen LogP contribution in [0.2, 0.25) is 36.3 Å². The van der Waals surface area contributed by atoms with Gasteiger partial charge in [0.25, 0.3) is 0 Å². The Balaban J connectivity index is 3.27. The molecule has 0 saturated heterocycles. The van der Waals surface area contributed by atoms with Crippen LogP contribution in [-0.2, 0) is 27.9 Å². The predicted molar refractivity (Wildman–Crippen MR) is 198 cm³/mol. The molecular formula is C38H72O6Si2. The lowest BCUT2D eigenvalue weighted by molar-refractivity contribution is -0.144. The maximum atomic E-state index is 12.3. The third-order valence-corrected chi connectivity index (χ3v) is 19.3. The van der Waals surface area contributed by atoms with Crippen LogP contribution in [0.1, 0.15) is 146 Å². The molecule has 0 spiro atoms. The first kappa shape index (κ1) is 42.8. The Morgan fingerprint density at radius 1 is 0.848 bits per heavy atom. The van der Waals surface area contributed by atoms with Gasteiger partial charge in [-0.1, -0.05) is 106 Å². The van der Waals surface area contributed by atoms with Crippen LogP contribution in [0.4, 0.5) is 0 Å². The van der Waals surface area contributed by atoms with Crippen molar-refractivity contribution in [2.75, 3.05) is 6.61 Å². The van der Waals surface area contributed by atoms with E-state index in [1.165, 1.54) is 25.3 Å². The van der Waals surface area contributed by atoms with E-state index in [9.17, 15) is 9.59 Å². The van der Waals surface area contributed by atoms with E-state index in [0.29, 0.717) is 19.4 Å². The third-order valence-electron chi connectivity index (χ3n) is 10.3. The number of esters is 2. The molecule has 46 heavy (non-hydrogen) atoms. The number of rotatable bonds is 21. The number of carbonyl (C=O) groups is 2. The van der Waals surface area contributed by atoms with Crippen molar-refractivity contribution < 1.29 is 27.9 Å². The maximum Gasteiger partial charge on any atom is 0.307 e. The third kappa shape index (κ3) is 14.9. The lowest BCUT2D eigenvalue weighted by Gasteiger charge is -2.40. The molecule has 0 amide bonds. The Labute approximate surface area is 286 Å². The quantitative estimate of drug-likeness (QED) is 0.0520. The van der Waals surface area contributed by atoms with Crippen molar-refractivity contribution in [3.63, 3.8) is 0 Å². The Morgan fingerprint density at radius 2 is 1.46 bits per heavy atom. The molecule has 1 aliphatic carbocycles. The Hall–Kier alpha value is -1.23. The molecule has 1 rings (SSSR count). The van der Waals surface area contributed by atoms with Crippen molar-refractivity contribution in [1.82, 2.24) is 0 Å². The Bertz CT molecular complexity index is 986. The van der Waals surface area contributed by atoms with Gasteiger partial charge in [0.05, 0.1) is 18.8 Å². The molecule has 0 N–H and O–H groups in total. The van der Waals surface area contributed by atoms with Crippen LogP contribution < -0.4 is 0 Å². The van der Waals surface area contributed by atoms with Gasteiger partial charge in [-0.15, -0.1) is 0 Å². The molecule has 0 unspecified atom stereocenters. The monoisotopic (exact) mass is 680 g/mol. The van der Waals surface area contributed by atoms with E-state index in [-0.39, 0.29) is 40.1 Å². The molecule has 0 radical (unpaired) electrons. The van der Waals surface area contributed by atoms with Gasteiger partial charge in [-0.25, -0.2) is 0 Å². The molecule has 0 bridgehead atoms. The second kappa shape index (κ2) is 19.7. The summed E-state index contributed by atoms with van der Waals surface area (Å²) in [4.78, 5) is 24.3. The van der Waals surface area contributed by atoms with E-state index < -0.39 is 16.6 Å². The number of unbranched alkanes of at least 4 members (excludes halogenated alkanes) is 6. The van der Waals surface area contributed by atoms with Crippen molar-refractivity contribution in [2.45, 2.75) is 194 Å². The molecule has 3 atom stereocenters. The molecule has 8 heteroatoms. The fraction of sp³-hybridized carbons (Fsp3) is 0.842. The molecule has 0 aromatic carbocycles. The second-order valence-corrected chi connectivity index (χ2v) is 26.0. The van der Waals surface area contributed by atoms with Crippen molar-refractivity contribution in [3.05, 3.63) is 23.5 Å². The van der Waals surface area contributed by atoms with Gasteiger partial charge in [0.2, 0.25) is 0 Å². The van der Waals surface area contributed by atoms with Gasteiger partial charge >= 0.3 is 11.9 Å². The summed E-state index contributed by atoms with van der Waals surface area (Å²) in [6.07, 6.45) is 16.8. The lowest BCUT2D eigenvalue weighted by Crippen LogP contribution is -2.45. The number of ether oxygens (including phenoxy) is 2. The number of carbonyl (C=O) groups excluding carboxylic acids is 2. The van der Waals surface area contributed by atoms with E-state index in [0.717, 1.165) is 63.5 Å². The van der Waals surface area contributed by atoms with E-state index in [2.05, 4.69) is 93.7 Å². The molecular weight excluding hydrogens is 609 g/mol. The van der Waals surface area contributed by atoms with E-state index in [1.54, 1.807) is 0 Å². The fourth-order valence-corrected chi connectivity index (χ4v) is 7.93. The molecule has 0 heterocycles. The highest BCUT2D eigenvalue weighted by molar-refractivity contribution is 6.74. The van der Waals surface area contributed by atoms with Gasteiger partial charge in [0, 0.05) is 25.7 Å².